The predicted molar refractivity (Wildman–Crippen MR) is 63.9 cm³/mol. The van der Waals surface area contributed by atoms with Crippen LogP contribution >= 0.6 is 11.6 Å². The van der Waals surface area contributed by atoms with Crippen molar-refractivity contribution in [3.05, 3.63) is 23.2 Å². The second kappa shape index (κ2) is 4.75. The molecule has 0 saturated heterocycles. The number of anilines is 1. The number of hydrogen-bond acceptors (Lipinski definition) is 2. The Morgan fingerprint density at radius 1 is 1.33 bits per heavy atom. The molecule has 3 heteroatoms. The van der Waals surface area contributed by atoms with Gasteiger partial charge >= 0.3 is 0 Å². The van der Waals surface area contributed by atoms with Gasteiger partial charge in [-0.1, -0.05) is 24.4 Å². The van der Waals surface area contributed by atoms with Crippen LogP contribution in [-0.4, -0.2) is 13.2 Å². The lowest BCUT2D eigenvalue weighted by Crippen LogP contribution is -2.14. The Morgan fingerprint density at radius 2 is 2.07 bits per heavy atom. The summed E-state index contributed by atoms with van der Waals surface area (Å²) in [5.74, 6) is 0.803. The molecular weight excluding hydrogens is 210 g/mol. The largest absolute Gasteiger partial charge is 0.497 e. The third-order valence-electron chi connectivity index (χ3n) is 2.89. The first-order valence-corrected chi connectivity index (χ1v) is 5.77. The first-order chi connectivity index (χ1) is 7.29. The molecule has 0 radical (unpaired) electrons. The first kappa shape index (κ1) is 10.6. The van der Waals surface area contributed by atoms with E-state index in [9.17, 15) is 0 Å². The Labute approximate surface area is 95.6 Å². The van der Waals surface area contributed by atoms with Crippen molar-refractivity contribution in [2.24, 2.45) is 0 Å². The molecule has 0 spiro atoms. The molecule has 1 aromatic carbocycles. The average Bonchev–Trinajstić information content (AvgIpc) is 2.74. The Bertz CT molecular complexity index is 334. The number of hydrogen-bond donors (Lipinski definition) is 1. The molecule has 0 atom stereocenters. The minimum atomic E-state index is 0.593. The lowest BCUT2D eigenvalue weighted by Gasteiger charge is -2.15. The minimum absolute atomic E-state index is 0.593. The number of nitrogens with one attached hydrogen (secondary N) is 1. The molecule has 2 rings (SSSR count). The molecule has 0 unspecified atom stereocenters. The van der Waals surface area contributed by atoms with Gasteiger partial charge in [-0.25, -0.2) is 0 Å². The summed E-state index contributed by atoms with van der Waals surface area (Å²) in [6.45, 7) is 0. The van der Waals surface area contributed by atoms with Crippen molar-refractivity contribution in [2.75, 3.05) is 12.4 Å². The highest BCUT2D eigenvalue weighted by atomic mass is 35.5. The van der Waals surface area contributed by atoms with Gasteiger partial charge in [0.1, 0.15) is 5.75 Å². The normalized spacial score (nSPS) is 16.7. The Morgan fingerprint density at radius 3 is 2.67 bits per heavy atom. The van der Waals surface area contributed by atoms with Crippen molar-refractivity contribution < 1.29 is 4.74 Å². The zero-order valence-corrected chi connectivity index (χ0v) is 9.68. The molecule has 1 N–H and O–H groups in total. The predicted octanol–water partition coefficient (Wildman–Crippen LogP) is 3.70. The second-order valence-corrected chi connectivity index (χ2v) is 4.38. The Balaban J connectivity index is 2.07. The summed E-state index contributed by atoms with van der Waals surface area (Å²) in [4.78, 5) is 0. The minimum Gasteiger partial charge on any atom is -0.497 e. The SMILES string of the molecule is COc1ccc(NC2CCCC2)c(Cl)c1. The van der Waals surface area contributed by atoms with Gasteiger partial charge in [0.15, 0.2) is 0 Å². The van der Waals surface area contributed by atoms with Gasteiger partial charge in [0.25, 0.3) is 0 Å². The average molecular weight is 226 g/mol. The highest BCUT2D eigenvalue weighted by Gasteiger charge is 2.15. The monoisotopic (exact) mass is 225 g/mol. The van der Waals surface area contributed by atoms with Crippen molar-refractivity contribution in [1.29, 1.82) is 0 Å². The van der Waals surface area contributed by atoms with Gasteiger partial charge in [0, 0.05) is 12.1 Å². The standard InChI is InChI=1S/C12H16ClNO/c1-15-10-6-7-12(11(13)8-10)14-9-4-2-3-5-9/h6-9,14H,2-5H2,1H3. The fourth-order valence-corrected chi connectivity index (χ4v) is 2.26. The van der Waals surface area contributed by atoms with Gasteiger partial charge in [0.05, 0.1) is 17.8 Å². The molecule has 1 aliphatic carbocycles. The lowest BCUT2D eigenvalue weighted by atomic mass is 10.2. The summed E-state index contributed by atoms with van der Waals surface area (Å²) >= 11 is 6.14. The van der Waals surface area contributed by atoms with Crippen LogP contribution in [0.1, 0.15) is 25.7 Å². The van der Waals surface area contributed by atoms with E-state index >= 15 is 0 Å². The van der Waals surface area contributed by atoms with Crippen LogP contribution in [0.5, 0.6) is 5.75 Å². The van der Waals surface area contributed by atoms with E-state index in [2.05, 4.69) is 5.32 Å². The topological polar surface area (TPSA) is 21.3 Å². The number of benzene rings is 1. The quantitative estimate of drug-likeness (QED) is 0.847. The molecule has 1 fully saturated rings. The van der Waals surface area contributed by atoms with Crippen LogP contribution in [0.3, 0.4) is 0 Å². The molecule has 2 nitrogen and oxygen atoms in total. The molecule has 1 aromatic rings. The van der Waals surface area contributed by atoms with Gasteiger partial charge < -0.3 is 10.1 Å². The van der Waals surface area contributed by atoms with Crippen molar-refractivity contribution in [3.8, 4) is 5.75 Å². The van der Waals surface area contributed by atoms with E-state index in [-0.39, 0.29) is 0 Å². The molecule has 0 bridgehead atoms. The highest BCUT2D eigenvalue weighted by molar-refractivity contribution is 6.33. The van der Waals surface area contributed by atoms with E-state index < -0.39 is 0 Å². The zero-order chi connectivity index (χ0) is 10.7. The molecule has 1 saturated carbocycles. The van der Waals surface area contributed by atoms with E-state index in [4.69, 9.17) is 16.3 Å². The summed E-state index contributed by atoms with van der Waals surface area (Å²) < 4.78 is 5.11. The number of halogens is 1. The van der Waals surface area contributed by atoms with Gasteiger partial charge in [-0.15, -0.1) is 0 Å². The summed E-state index contributed by atoms with van der Waals surface area (Å²) in [7, 11) is 1.65. The lowest BCUT2D eigenvalue weighted by molar-refractivity contribution is 0.415. The molecule has 15 heavy (non-hydrogen) atoms. The summed E-state index contributed by atoms with van der Waals surface area (Å²) in [5, 5.41) is 4.21. The van der Waals surface area contributed by atoms with E-state index in [1.165, 1.54) is 25.7 Å². The first-order valence-electron chi connectivity index (χ1n) is 5.39. The maximum absolute atomic E-state index is 6.14. The van der Waals surface area contributed by atoms with E-state index in [0.717, 1.165) is 16.5 Å². The molecule has 0 aliphatic heterocycles. The van der Waals surface area contributed by atoms with Crippen LogP contribution in [0.2, 0.25) is 5.02 Å². The van der Waals surface area contributed by atoms with E-state index in [1.807, 2.05) is 18.2 Å². The Hall–Kier alpha value is -0.890. The summed E-state index contributed by atoms with van der Waals surface area (Å²) in [5.41, 5.74) is 1.02. The maximum Gasteiger partial charge on any atom is 0.120 e. The Kier molecular flexibility index (Phi) is 3.37. The fraction of sp³-hybridized carbons (Fsp3) is 0.500. The van der Waals surface area contributed by atoms with Crippen molar-refractivity contribution >= 4 is 17.3 Å². The summed E-state index contributed by atoms with van der Waals surface area (Å²) in [6.07, 6.45) is 5.15. The van der Waals surface area contributed by atoms with Crippen LogP contribution in [0.25, 0.3) is 0 Å². The van der Waals surface area contributed by atoms with Crippen LogP contribution in [0.15, 0.2) is 18.2 Å². The zero-order valence-electron chi connectivity index (χ0n) is 8.92. The molecule has 0 aromatic heterocycles. The number of rotatable bonds is 3. The van der Waals surface area contributed by atoms with Gasteiger partial charge in [0.2, 0.25) is 0 Å². The van der Waals surface area contributed by atoms with E-state index in [1.54, 1.807) is 7.11 Å². The van der Waals surface area contributed by atoms with Crippen molar-refractivity contribution in [1.82, 2.24) is 0 Å². The van der Waals surface area contributed by atoms with Crippen molar-refractivity contribution in [2.45, 2.75) is 31.7 Å². The molecular formula is C12H16ClNO. The summed E-state index contributed by atoms with van der Waals surface area (Å²) in [6, 6.07) is 6.36. The third kappa shape index (κ3) is 2.57. The molecule has 82 valence electrons. The van der Waals surface area contributed by atoms with Crippen LogP contribution < -0.4 is 10.1 Å². The van der Waals surface area contributed by atoms with Crippen molar-refractivity contribution in [3.63, 3.8) is 0 Å². The maximum atomic E-state index is 6.14. The second-order valence-electron chi connectivity index (χ2n) is 3.97. The smallest absolute Gasteiger partial charge is 0.120 e. The van der Waals surface area contributed by atoms with Gasteiger partial charge in [-0.3, -0.25) is 0 Å². The molecule has 0 amide bonds. The number of ether oxygens (including phenoxy) is 1. The van der Waals surface area contributed by atoms with Crippen LogP contribution in [0.4, 0.5) is 5.69 Å². The fourth-order valence-electron chi connectivity index (χ4n) is 2.03. The van der Waals surface area contributed by atoms with Crippen LogP contribution in [0, 0.1) is 0 Å². The van der Waals surface area contributed by atoms with Crippen LogP contribution in [-0.2, 0) is 0 Å². The third-order valence-corrected chi connectivity index (χ3v) is 3.20. The molecule has 1 aliphatic rings. The highest BCUT2D eigenvalue weighted by Crippen LogP contribution is 2.29. The molecule has 0 heterocycles. The van der Waals surface area contributed by atoms with E-state index in [0.29, 0.717) is 6.04 Å². The van der Waals surface area contributed by atoms with Gasteiger partial charge in [-0.2, -0.15) is 0 Å². The van der Waals surface area contributed by atoms with Gasteiger partial charge in [-0.05, 0) is 25.0 Å². The number of methoxy groups -OCH3 is 1.